The first kappa shape index (κ1) is 23.5. The summed E-state index contributed by atoms with van der Waals surface area (Å²) in [6, 6.07) is 20.7. The predicted octanol–water partition coefficient (Wildman–Crippen LogP) is 4.46. The van der Waals surface area contributed by atoms with Crippen LogP contribution in [-0.4, -0.2) is 31.9 Å². The molecule has 0 fully saturated rings. The van der Waals surface area contributed by atoms with E-state index in [9.17, 15) is 9.90 Å². The Morgan fingerprint density at radius 2 is 1.48 bits per heavy atom. The molecule has 0 heterocycles. The highest BCUT2D eigenvalue weighted by molar-refractivity contribution is 6.99. The second-order valence-electron chi connectivity index (χ2n) is 8.83. The number of ketones is 1. The normalized spacial score (nSPS) is 13.3. The van der Waals surface area contributed by atoms with Crippen molar-refractivity contribution in [3.63, 3.8) is 0 Å². The Bertz CT molecular complexity index is 698. The van der Waals surface area contributed by atoms with Crippen LogP contribution in [-0.2, 0) is 9.22 Å². The van der Waals surface area contributed by atoms with Gasteiger partial charge >= 0.3 is 0 Å². The van der Waals surface area contributed by atoms with Crippen LogP contribution in [0.4, 0.5) is 0 Å². The molecule has 0 aliphatic carbocycles. The molecule has 158 valence electrons. The zero-order valence-corrected chi connectivity index (χ0v) is 19.4. The molecule has 2 rings (SSSR count). The van der Waals surface area contributed by atoms with Gasteiger partial charge in [0.05, 0.1) is 12.7 Å². The molecule has 1 atom stereocenters. The van der Waals surface area contributed by atoms with Gasteiger partial charge in [-0.2, -0.15) is 0 Å². The van der Waals surface area contributed by atoms with Gasteiger partial charge in [-0.15, -0.1) is 0 Å². The van der Waals surface area contributed by atoms with E-state index in [0.29, 0.717) is 6.42 Å². The van der Waals surface area contributed by atoms with Crippen LogP contribution in [0, 0.1) is 0 Å². The summed E-state index contributed by atoms with van der Waals surface area (Å²) in [7, 11) is -2.67. The molecule has 0 radical (unpaired) electrons. The van der Waals surface area contributed by atoms with Crippen molar-refractivity contribution in [2.75, 3.05) is 6.61 Å². The minimum atomic E-state index is -2.67. The summed E-state index contributed by atoms with van der Waals surface area (Å²) in [4.78, 5) is 12.2. The van der Waals surface area contributed by atoms with Crippen molar-refractivity contribution in [1.82, 2.24) is 0 Å². The molecule has 2 aromatic rings. The van der Waals surface area contributed by atoms with Gasteiger partial charge in [0, 0.05) is 12.8 Å². The zero-order chi connectivity index (χ0) is 21.3. The van der Waals surface area contributed by atoms with E-state index >= 15 is 0 Å². The van der Waals surface area contributed by atoms with Crippen LogP contribution in [0.2, 0.25) is 5.04 Å². The molecule has 0 saturated heterocycles. The lowest BCUT2D eigenvalue weighted by Gasteiger charge is -2.43. The molecule has 0 bridgehead atoms. The molecule has 0 amide bonds. The molecule has 0 unspecified atom stereocenters. The molecule has 0 spiro atoms. The number of unbranched alkanes of at least 4 members (excludes halogenated alkanes) is 2. The first-order valence-electron chi connectivity index (χ1n) is 10.8. The average Bonchev–Trinajstić information content (AvgIpc) is 2.69. The molecule has 0 aromatic heterocycles. The molecule has 29 heavy (non-hydrogen) atoms. The summed E-state index contributed by atoms with van der Waals surface area (Å²) in [5.74, 6) is 0.122. The minimum Gasteiger partial charge on any atom is -0.405 e. The van der Waals surface area contributed by atoms with Crippen LogP contribution in [0.15, 0.2) is 60.7 Å². The van der Waals surface area contributed by atoms with Crippen molar-refractivity contribution in [2.45, 2.75) is 70.9 Å². The number of aliphatic hydroxyl groups is 1. The van der Waals surface area contributed by atoms with Crippen LogP contribution >= 0.6 is 0 Å². The van der Waals surface area contributed by atoms with Crippen LogP contribution < -0.4 is 10.4 Å². The molecule has 0 aliphatic rings. The van der Waals surface area contributed by atoms with Crippen LogP contribution in [0.1, 0.15) is 59.8 Å². The number of hydrogen-bond donors (Lipinski definition) is 1. The topological polar surface area (TPSA) is 46.5 Å². The molecular formula is C25H36O3Si. The van der Waals surface area contributed by atoms with E-state index in [-0.39, 0.29) is 23.8 Å². The summed E-state index contributed by atoms with van der Waals surface area (Å²) in [6.07, 6.45) is 2.99. The maximum atomic E-state index is 12.2. The number of Topliss-reactive ketones (excluding diaryl/α,β-unsaturated/α-hetero) is 1. The Hall–Kier alpha value is -1.75. The molecule has 1 N–H and O–H groups in total. The van der Waals surface area contributed by atoms with E-state index in [1.165, 1.54) is 10.4 Å². The fraction of sp³-hybridized carbons (Fsp3) is 0.480. The quantitative estimate of drug-likeness (QED) is 0.438. The van der Waals surface area contributed by atoms with E-state index in [1.54, 1.807) is 0 Å². The second-order valence-corrected chi connectivity index (χ2v) is 13.1. The first-order chi connectivity index (χ1) is 13.8. The van der Waals surface area contributed by atoms with E-state index in [0.717, 1.165) is 19.3 Å². The van der Waals surface area contributed by atoms with Crippen LogP contribution in [0.3, 0.4) is 0 Å². The van der Waals surface area contributed by atoms with Crippen molar-refractivity contribution in [3.05, 3.63) is 60.7 Å². The fourth-order valence-electron chi connectivity index (χ4n) is 3.98. The maximum Gasteiger partial charge on any atom is 0.261 e. The minimum absolute atomic E-state index is 0.122. The number of hydrogen-bond acceptors (Lipinski definition) is 3. The Kier molecular flexibility index (Phi) is 8.81. The number of carbonyl (C=O) groups is 1. The Balaban J connectivity index is 2.26. The molecule has 0 saturated carbocycles. The number of carbonyl (C=O) groups excluding carboxylic acids is 1. The third kappa shape index (κ3) is 6.11. The lowest BCUT2D eigenvalue weighted by Crippen LogP contribution is -2.67. The summed E-state index contributed by atoms with van der Waals surface area (Å²) < 4.78 is 6.69. The standard InChI is InChI=1S/C25H36O3Si/c1-5-6-9-14-21(26)19-22(27)20-28-29(25(2,3)4,23-15-10-7-11-16-23)24-17-12-8-13-18-24/h7-8,10-13,15-18,22,27H,5-6,9,14,19-20H2,1-4H3/t22-/m1/s1. The van der Waals surface area contributed by atoms with Gasteiger partial charge in [-0.3, -0.25) is 4.79 Å². The van der Waals surface area contributed by atoms with Crippen molar-refractivity contribution >= 4 is 24.5 Å². The number of benzene rings is 2. The maximum absolute atomic E-state index is 12.2. The average molecular weight is 413 g/mol. The summed E-state index contributed by atoms with van der Waals surface area (Å²) >= 11 is 0. The SMILES string of the molecule is CCCCCC(=O)C[C@@H](O)CO[Si](c1ccccc1)(c1ccccc1)C(C)(C)C. The van der Waals surface area contributed by atoms with Gasteiger partial charge in [-0.25, -0.2) is 0 Å². The van der Waals surface area contributed by atoms with Crippen molar-refractivity contribution in [3.8, 4) is 0 Å². The third-order valence-electron chi connectivity index (χ3n) is 5.43. The van der Waals surface area contributed by atoms with Gasteiger partial charge < -0.3 is 9.53 Å². The van der Waals surface area contributed by atoms with Gasteiger partial charge in [0.15, 0.2) is 0 Å². The summed E-state index contributed by atoms with van der Waals surface area (Å²) in [5, 5.41) is 12.8. The monoisotopic (exact) mass is 412 g/mol. The third-order valence-corrected chi connectivity index (χ3v) is 10.4. The zero-order valence-electron chi connectivity index (χ0n) is 18.4. The summed E-state index contributed by atoms with van der Waals surface area (Å²) in [5.41, 5.74) is 0. The van der Waals surface area contributed by atoms with E-state index in [2.05, 4.69) is 52.0 Å². The van der Waals surface area contributed by atoms with E-state index < -0.39 is 14.4 Å². The smallest absolute Gasteiger partial charge is 0.261 e. The Labute approximate surface area is 177 Å². The lowest BCUT2D eigenvalue weighted by atomic mass is 10.1. The first-order valence-corrected chi connectivity index (χ1v) is 12.7. The van der Waals surface area contributed by atoms with Crippen LogP contribution in [0.25, 0.3) is 0 Å². The largest absolute Gasteiger partial charge is 0.405 e. The molecule has 2 aromatic carbocycles. The van der Waals surface area contributed by atoms with Crippen molar-refractivity contribution < 1.29 is 14.3 Å². The molecule has 3 nitrogen and oxygen atoms in total. The highest BCUT2D eigenvalue weighted by Gasteiger charge is 2.50. The summed E-state index contributed by atoms with van der Waals surface area (Å²) in [6.45, 7) is 8.92. The van der Waals surface area contributed by atoms with Gasteiger partial charge in [0.2, 0.25) is 0 Å². The Morgan fingerprint density at radius 1 is 0.966 bits per heavy atom. The van der Waals surface area contributed by atoms with Crippen molar-refractivity contribution in [2.24, 2.45) is 0 Å². The second kappa shape index (κ2) is 10.9. The molecule has 0 aliphatic heterocycles. The fourth-order valence-corrected chi connectivity index (χ4v) is 8.58. The molecule has 4 heteroatoms. The molecular weight excluding hydrogens is 376 g/mol. The van der Waals surface area contributed by atoms with Crippen molar-refractivity contribution in [1.29, 1.82) is 0 Å². The highest BCUT2D eigenvalue weighted by atomic mass is 28.4. The Morgan fingerprint density at radius 3 is 1.93 bits per heavy atom. The number of aliphatic hydroxyl groups excluding tert-OH is 1. The van der Waals surface area contributed by atoms with E-state index in [4.69, 9.17) is 4.43 Å². The van der Waals surface area contributed by atoms with Crippen LogP contribution in [0.5, 0.6) is 0 Å². The van der Waals surface area contributed by atoms with E-state index in [1.807, 2.05) is 36.4 Å². The van der Waals surface area contributed by atoms with Gasteiger partial charge in [-0.05, 0) is 21.8 Å². The lowest BCUT2D eigenvalue weighted by molar-refractivity contribution is -0.121. The van der Waals surface area contributed by atoms with Gasteiger partial charge in [-0.1, -0.05) is 101 Å². The van der Waals surface area contributed by atoms with Gasteiger partial charge in [0.1, 0.15) is 5.78 Å². The van der Waals surface area contributed by atoms with Gasteiger partial charge in [0.25, 0.3) is 8.32 Å². The predicted molar refractivity (Wildman–Crippen MR) is 123 cm³/mol. The number of rotatable bonds is 11. The highest BCUT2D eigenvalue weighted by Crippen LogP contribution is 2.36.